The number of ether oxygens (including phenoxy) is 1. The molecule has 6 heteroatoms. The maximum atomic E-state index is 12.4. The summed E-state index contributed by atoms with van der Waals surface area (Å²) in [4.78, 5) is 24.0. The lowest BCUT2D eigenvalue weighted by Crippen LogP contribution is -2.14. The lowest BCUT2D eigenvalue weighted by Gasteiger charge is -2.08. The van der Waals surface area contributed by atoms with Crippen LogP contribution in [-0.4, -0.2) is 24.1 Å². The van der Waals surface area contributed by atoms with Crippen LogP contribution >= 0.6 is 0 Å². The number of rotatable bonds is 4. The first-order chi connectivity index (χ1) is 12.1. The fourth-order valence-corrected chi connectivity index (χ4v) is 2.31. The molecule has 0 aliphatic carbocycles. The molecule has 0 aliphatic heterocycles. The van der Waals surface area contributed by atoms with Crippen LogP contribution < -0.4 is 5.32 Å². The van der Waals surface area contributed by atoms with Gasteiger partial charge < -0.3 is 14.6 Å². The number of carbonyl (C=O) groups is 2. The molecule has 3 rings (SSSR count). The van der Waals surface area contributed by atoms with Crippen LogP contribution in [0.1, 0.15) is 26.4 Å². The number of aromatic nitrogens is 1. The second-order valence-electron chi connectivity index (χ2n) is 5.42. The normalized spacial score (nSPS) is 10.3. The number of nitrogens with one attached hydrogen (secondary N) is 1. The highest BCUT2D eigenvalue weighted by molar-refractivity contribution is 6.04. The third-order valence-electron chi connectivity index (χ3n) is 3.71. The number of anilines is 1. The first-order valence-corrected chi connectivity index (χ1v) is 7.61. The van der Waals surface area contributed by atoms with Crippen molar-refractivity contribution in [3.05, 3.63) is 71.4 Å². The highest BCUT2D eigenvalue weighted by atomic mass is 16.5. The van der Waals surface area contributed by atoms with Gasteiger partial charge in [-0.25, -0.2) is 4.79 Å². The molecule has 0 fully saturated rings. The Bertz CT molecular complexity index is 916. The maximum absolute atomic E-state index is 12.4. The number of nitrogens with zero attached hydrogens (tertiary/aromatic N) is 1. The number of hydrogen-bond acceptors (Lipinski definition) is 5. The summed E-state index contributed by atoms with van der Waals surface area (Å²) >= 11 is 0. The first kappa shape index (κ1) is 16.4. The van der Waals surface area contributed by atoms with Crippen molar-refractivity contribution in [2.24, 2.45) is 0 Å². The molecule has 2 aromatic carbocycles. The van der Waals surface area contributed by atoms with Gasteiger partial charge in [0.25, 0.3) is 5.91 Å². The zero-order valence-electron chi connectivity index (χ0n) is 13.8. The molecule has 0 saturated carbocycles. The van der Waals surface area contributed by atoms with Gasteiger partial charge in [-0.1, -0.05) is 41.6 Å². The maximum Gasteiger partial charge on any atom is 0.337 e. The molecule has 0 unspecified atom stereocenters. The minimum Gasteiger partial charge on any atom is -0.465 e. The molecular formula is C19H16N2O4. The van der Waals surface area contributed by atoms with E-state index in [2.05, 4.69) is 10.5 Å². The number of amides is 1. The number of methoxy groups -OCH3 is 1. The molecule has 1 amide bonds. The van der Waals surface area contributed by atoms with E-state index < -0.39 is 11.9 Å². The molecule has 0 aliphatic rings. The van der Waals surface area contributed by atoms with E-state index in [0.29, 0.717) is 17.0 Å². The third kappa shape index (κ3) is 3.58. The quantitative estimate of drug-likeness (QED) is 0.735. The summed E-state index contributed by atoms with van der Waals surface area (Å²) < 4.78 is 9.93. The Morgan fingerprint density at radius 3 is 2.56 bits per heavy atom. The van der Waals surface area contributed by atoms with Crippen molar-refractivity contribution in [3.8, 4) is 11.3 Å². The van der Waals surface area contributed by atoms with Gasteiger partial charge in [-0.15, -0.1) is 0 Å². The summed E-state index contributed by atoms with van der Waals surface area (Å²) in [6, 6.07) is 15.9. The van der Waals surface area contributed by atoms with Crippen LogP contribution in [0.3, 0.4) is 0 Å². The molecule has 6 nitrogen and oxygen atoms in total. The molecule has 3 aromatic rings. The average molecular weight is 336 g/mol. The molecular weight excluding hydrogens is 320 g/mol. The largest absolute Gasteiger partial charge is 0.465 e. The Kier molecular flexibility index (Phi) is 4.61. The fraction of sp³-hybridized carbons (Fsp3) is 0.105. The van der Waals surface area contributed by atoms with Crippen LogP contribution in [0.25, 0.3) is 11.3 Å². The van der Waals surface area contributed by atoms with Crippen LogP contribution in [0.15, 0.2) is 59.1 Å². The summed E-state index contributed by atoms with van der Waals surface area (Å²) in [5.41, 5.74) is 2.66. The van der Waals surface area contributed by atoms with Crippen molar-refractivity contribution in [2.45, 2.75) is 6.92 Å². The lowest BCUT2D eigenvalue weighted by atomic mass is 10.1. The zero-order chi connectivity index (χ0) is 17.8. The second kappa shape index (κ2) is 7.00. The summed E-state index contributed by atoms with van der Waals surface area (Å²) in [7, 11) is 1.31. The molecule has 1 N–H and O–H groups in total. The monoisotopic (exact) mass is 336 g/mol. The van der Waals surface area contributed by atoms with E-state index in [9.17, 15) is 9.59 Å². The number of esters is 1. The van der Waals surface area contributed by atoms with E-state index in [0.717, 1.165) is 11.1 Å². The van der Waals surface area contributed by atoms with Crippen molar-refractivity contribution < 1.29 is 18.8 Å². The topological polar surface area (TPSA) is 81.4 Å². The van der Waals surface area contributed by atoms with Crippen molar-refractivity contribution >= 4 is 17.6 Å². The molecule has 0 radical (unpaired) electrons. The molecule has 25 heavy (non-hydrogen) atoms. The number of hydrogen-bond donors (Lipinski definition) is 1. The van der Waals surface area contributed by atoms with Gasteiger partial charge >= 0.3 is 5.97 Å². The second-order valence-corrected chi connectivity index (χ2v) is 5.42. The molecule has 126 valence electrons. The Morgan fingerprint density at radius 2 is 1.84 bits per heavy atom. The van der Waals surface area contributed by atoms with Crippen LogP contribution in [0.5, 0.6) is 0 Å². The van der Waals surface area contributed by atoms with E-state index in [-0.39, 0.29) is 5.69 Å². The Hall–Kier alpha value is -3.41. The van der Waals surface area contributed by atoms with Gasteiger partial charge in [-0.2, -0.15) is 0 Å². The third-order valence-corrected chi connectivity index (χ3v) is 3.71. The van der Waals surface area contributed by atoms with Gasteiger partial charge in [0.1, 0.15) is 0 Å². The average Bonchev–Trinajstić information content (AvgIpc) is 3.14. The summed E-state index contributed by atoms with van der Waals surface area (Å²) in [5, 5.41) is 6.55. The Labute approximate surface area is 144 Å². The van der Waals surface area contributed by atoms with E-state index in [4.69, 9.17) is 9.26 Å². The number of aryl methyl sites for hydroxylation is 1. The highest BCUT2D eigenvalue weighted by Gasteiger charge is 2.16. The zero-order valence-corrected chi connectivity index (χ0v) is 13.8. The molecule has 0 spiro atoms. The van der Waals surface area contributed by atoms with E-state index in [1.54, 1.807) is 24.3 Å². The first-order valence-electron chi connectivity index (χ1n) is 7.61. The Morgan fingerprint density at radius 1 is 1.08 bits per heavy atom. The minimum absolute atomic E-state index is 0.154. The van der Waals surface area contributed by atoms with Gasteiger partial charge in [-0.3, -0.25) is 4.79 Å². The van der Waals surface area contributed by atoms with Crippen LogP contribution in [-0.2, 0) is 4.74 Å². The van der Waals surface area contributed by atoms with Crippen LogP contribution in [0, 0.1) is 6.92 Å². The van der Waals surface area contributed by atoms with Crippen LogP contribution in [0.4, 0.5) is 5.69 Å². The molecule has 0 atom stereocenters. The minimum atomic E-state index is -0.469. The number of benzene rings is 2. The van der Waals surface area contributed by atoms with E-state index in [1.165, 1.54) is 7.11 Å². The summed E-state index contributed by atoms with van der Waals surface area (Å²) in [5.74, 6) is -0.384. The molecule has 0 bridgehead atoms. The smallest absolute Gasteiger partial charge is 0.337 e. The van der Waals surface area contributed by atoms with Crippen molar-refractivity contribution in [1.29, 1.82) is 0 Å². The fourth-order valence-electron chi connectivity index (χ4n) is 2.31. The predicted molar refractivity (Wildman–Crippen MR) is 92.4 cm³/mol. The standard InChI is InChI=1S/C19H16N2O4/c1-12-8-9-14(19(23)24-2)10-15(12)20-18(22)16-11-17(25-21-16)13-6-4-3-5-7-13/h3-11H,1-2H3,(H,20,22). The summed E-state index contributed by atoms with van der Waals surface area (Å²) in [6.45, 7) is 1.83. The van der Waals surface area contributed by atoms with Crippen molar-refractivity contribution in [1.82, 2.24) is 5.16 Å². The Balaban J connectivity index is 1.81. The molecule has 1 aromatic heterocycles. The van der Waals surface area contributed by atoms with Gasteiger partial charge in [-0.05, 0) is 24.6 Å². The predicted octanol–water partition coefficient (Wildman–Crippen LogP) is 3.69. The van der Waals surface area contributed by atoms with Gasteiger partial charge in [0, 0.05) is 17.3 Å². The van der Waals surface area contributed by atoms with Crippen LogP contribution in [0.2, 0.25) is 0 Å². The van der Waals surface area contributed by atoms with E-state index in [1.807, 2.05) is 37.3 Å². The van der Waals surface area contributed by atoms with Crippen molar-refractivity contribution in [2.75, 3.05) is 12.4 Å². The molecule has 0 saturated heterocycles. The highest BCUT2D eigenvalue weighted by Crippen LogP contribution is 2.22. The van der Waals surface area contributed by atoms with Crippen molar-refractivity contribution in [3.63, 3.8) is 0 Å². The molecule has 1 heterocycles. The van der Waals surface area contributed by atoms with Gasteiger partial charge in [0.2, 0.25) is 0 Å². The lowest BCUT2D eigenvalue weighted by molar-refractivity contribution is 0.0600. The summed E-state index contributed by atoms with van der Waals surface area (Å²) in [6.07, 6.45) is 0. The number of carbonyl (C=O) groups excluding carboxylic acids is 2. The SMILES string of the molecule is COC(=O)c1ccc(C)c(NC(=O)c2cc(-c3ccccc3)on2)c1. The van der Waals surface area contributed by atoms with Gasteiger partial charge in [0.05, 0.1) is 12.7 Å². The van der Waals surface area contributed by atoms with E-state index >= 15 is 0 Å². The van der Waals surface area contributed by atoms with Gasteiger partial charge in [0.15, 0.2) is 11.5 Å².